The Morgan fingerprint density at radius 1 is 1.33 bits per heavy atom. The largest absolute Gasteiger partial charge is 0.456 e. The normalized spacial score (nSPS) is 11.5. The van der Waals surface area contributed by atoms with Gasteiger partial charge in [0.15, 0.2) is 5.84 Å². The third kappa shape index (κ3) is 3.49. The Morgan fingerprint density at radius 2 is 2.05 bits per heavy atom. The summed E-state index contributed by atoms with van der Waals surface area (Å²) < 4.78 is 19.6. The van der Waals surface area contributed by atoms with E-state index in [1.165, 1.54) is 12.1 Å². The van der Waals surface area contributed by atoms with Crippen molar-refractivity contribution in [3.8, 4) is 11.5 Å². The van der Waals surface area contributed by atoms with Crippen molar-refractivity contribution in [2.75, 3.05) is 0 Å². The molecule has 0 spiro atoms. The van der Waals surface area contributed by atoms with E-state index in [2.05, 4.69) is 26.1 Å². The second-order valence-electron chi connectivity index (χ2n) is 4.41. The molecule has 0 saturated heterocycles. The maximum absolute atomic E-state index is 13.4. The standard InChI is InChI=1S/C14H13BrFN3O2/c1-7-3-12(13(8(2)18-7)14(17)19-20)21-11-5-9(15)4-10(16)6-11/h3-6,20H,1-2H3,(H2,17,19). The van der Waals surface area contributed by atoms with E-state index in [0.717, 1.165) is 0 Å². The lowest BCUT2D eigenvalue weighted by molar-refractivity contribution is 0.318. The highest BCUT2D eigenvalue weighted by Gasteiger charge is 2.15. The summed E-state index contributed by atoms with van der Waals surface area (Å²) in [5, 5.41) is 11.9. The number of ether oxygens (including phenoxy) is 1. The molecule has 1 aromatic carbocycles. The van der Waals surface area contributed by atoms with Crippen LogP contribution in [0.1, 0.15) is 17.0 Å². The number of amidine groups is 1. The minimum Gasteiger partial charge on any atom is -0.456 e. The van der Waals surface area contributed by atoms with Gasteiger partial charge in [0.2, 0.25) is 0 Å². The van der Waals surface area contributed by atoms with Crippen molar-refractivity contribution in [3.63, 3.8) is 0 Å². The Bertz CT molecular complexity index is 699. The molecule has 0 bridgehead atoms. The molecule has 7 heteroatoms. The molecule has 21 heavy (non-hydrogen) atoms. The highest BCUT2D eigenvalue weighted by molar-refractivity contribution is 9.10. The summed E-state index contributed by atoms with van der Waals surface area (Å²) in [7, 11) is 0. The number of hydrogen-bond acceptors (Lipinski definition) is 4. The fraction of sp³-hybridized carbons (Fsp3) is 0.143. The fourth-order valence-electron chi connectivity index (χ4n) is 1.95. The molecule has 0 unspecified atom stereocenters. The second kappa shape index (κ2) is 6.09. The molecular formula is C14H13BrFN3O2. The molecule has 3 N–H and O–H groups in total. The quantitative estimate of drug-likeness (QED) is 0.383. The van der Waals surface area contributed by atoms with Crippen LogP contribution in [0.4, 0.5) is 4.39 Å². The van der Waals surface area contributed by atoms with Crippen LogP contribution in [-0.4, -0.2) is 16.0 Å². The van der Waals surface area contributed by atoms with Crippen molar-refractivity contribution >= 4 is 21.8 Å². The number of nitrogens with zero attached hydrogens (tertiary/aromatic N) is 2. The third-order valence-electron chi connectivity index (χ3n) is 2.72. The van der Waals surface area contributed by atoms with Gasteiger partial charge in [-0.15, -0.1) is 0 Å². The van der Waals surface area contributed by atoms with Gasteiger partial charge in [0.1, 0.15) is 17.3 Å². The van der Waals surface area contributed by atoms with Crippen molar-refractivity contribution in [2.45, 2.75) is 13.8 Å². The number of benzene rings is 1. The summed E-state index contributed by atoms with van der Waals surface area (Å²) in [6.45, 7) is 3.51. The van der Waals surface area contributed by atoms with Gasteiger partial charge in [-0.2, -0.15) is 0 Å². The summed E-state index contributed by atoms with van der Waals surface area (Å²) in [4.78, 5) is 4.24. The highest BCUT2D eigenvalue weighted by atomic mass is 79.9. The Hall–Kier alpha value is -2.15. The van der Waals surface area contributed by atoms with Gasteiger partial charge in [-0.3, -0.25) is 4.98 Å². The minimum atomic E-state index is -0.438. The van der Waals surface area contributed by atoms with Gasteiger partial charge >= 0.3 is 0 Å². The topological polar surface area (TPSA) is 80.7 Å². The lowest BCUT2D eigenvalue weighted by Gasteiger charge is -2.13. The van der Waals surface area contributed by atoms with Crippen LogP contribution in [0.3, 0.4) is 0 Å². The number of aromatic nitrogens is 1. The monoisotopic (exact) mass is 353 g/mol. The van der Waals surface area contributed by atoms with Crippen LogP contribution in [0.25, 0.3) is 0 Å². The van der Waals surface area contributed by atoms with Gasteiger partial charge in [-0.05, 0) is 26.0 Å². The molecule has 0 amide bonds. The van der Waals surface area contributed by atoms with Crippen LogP contribution in [0.15, 0.2) is 33.9 Å². The summed E-state index contributed by atoms with van der Waals surface area (Å²) in [5.74, 6) is 0.0735. The molecule has 1 heterocycles. The second-order valence-corrected chi connectivity index (χ2v) is 5.33. The maximum atomic E-state index is 13.4. The van der Waals surface area contributed by atoms with Crippen LogP contribution in [-0.2, 0) is 0 Å². The number of rotatable bonds is 3. The number of nitrogens with two attached hydrogens (primary N) is 1. The molecule has 110 valence electrons. The number of aryl methyl sites for hydroxylation is 2. The number of oxime groups is 1. The lowest BCUT2D eigenvalue weighted by Crippen LogP contribution is -2.17. The van der Waals surface area contributed by atoms with Crippen LogP contribution in [0, 0.1) is 19.7 Å². The summed E-state index contributed by atoms with van der Waals surface area (Å²) in [5.41, 5.74) is 7.27. The molecule has 0 aliphatic carbocycles. The van der Waals surface area contributed by atoms with Crippen LogP contribution in [0.2, 0.25) is 0 Å². The van der Waals surface area contributed by atoms with E-state index in [-0.39, 0.29) is 5.84 Å². The van der Waals surface area contributed by atoms with E-state index in [4.69, 9.17) is 15.7 Å². The number of pyridine rings is 1. The molecule has 0 atom stereocenters. The van der Waals surface area contributed by atoms with E-state index in [1.807, 2.05) is 0 Å². The predicted molar refractivity (Wildman–Crippen MR) is 80.4 cm³/mol. The van der Waals surface area contributed by atoms with Crippen molar-refractivity contribution in [3.05, 3.63) is 51.5 Å². The molecule has 2 rings (SSSR count). The van der Waals surface area contributed by atoms with E-state index in [9.17, 15) is 4.39 Å². The molecule has 0 radical (unpaired) electrons. The fourth-order valence-corrected chi connectivity index (χ4v) is 2.39. The Kier molecular flexibility index (Phi) is 4.42. The van der Waals surface area contributed by atoms with Gasteiger partial charge < -0.3 is 15.7 Å². The average molecular weight is 354 g/mol. The average Bonchev–Trinajstić information content (AvgIpc) is 2.36. The van der Waals surface area contributed by atoms with Crippen LogP contribution < -0.4 is 10.5 Å². The first kappa shape index (κ1) is 15.2. The third-order valence-corrected chi connectivity index (χ3v) is 3.18. The van der Waals surface area contributed by atoms with E-state index < -0.39 is 5.82 Å². The first-order valence-corrected chi connectivity index (χ1v) is 6.80. The number of hydrogen-bond donors (Lipinski definition) is 2. The van der Waals surface area contributed by atoms with Crippen molar-refractivity contribution in [1.82, 2.24) is 4.98 Å². The first-order valence-electron chi connectivity index (χ1n) is 6.01. The SMILES string of the molecule is Cc1cc(Oc2cc(F)cc(Br)c2)c(/C(N)=N/O)c(C)n1. The van der Waals surface area contributed by atoms with Gasteiger partial charge in [-0.25, -0.2) is 4.39 Å². The summed E-state index contributed by atoms with van der Waals surface area (Å²) in [6, 6.07) is 5.82. The molecule has 0 aliphatic heterocycles. The first-order chi connectivity index (χ1) is 9.90. The molecular weight excluding hydrogens is 341 g/mol. The summed E-state index contributed by atoms with van der Waals surface area (Å²) >= 11 is 3.20. The summed E-state index contributed by atoms with van der Waals surface area (Å²) in [6.07, 6.45) is 0. The minimum absolute atomic E-state index is 0.120. The zero-order valence-corrected chi connectivity index (χ0v) is 13.0. The molecule has 0 fully saturated rings. The van der Waals surface area contributed by atoms with Crippen molar-refractivity contribution in [1.29, 1.82) is 0 Å². The molecule has 2 aromatic rings. The molecule has 1 aromatic heterocycles. The predicted octanol–water partition coefficient (Wildman–Crippen LogP) is 3.49. The van der Waals surface area contributed by atoms with E-state index in [1.54, 1.807) is 26.0 Å². The van der Waals surface area contributed by atoms with Crippen LogP contribution in [0.5, 0.6) is 11.5 Å². The zero-order valence-electron chi connectivity index (χ0n) is 11.4. The van der Waals surface area contributed by atoms with Crippen molar-refractivity contribution < 1.29 is 14.3 Å². The highest BCUT2D eigenvalue weighted by Crippen LogP contribution is 2.30. The van der Waals surface area contributed by atoms with Gasteiger partial charge in [0.05, 0.1) is 11.3 Å². The Labute approximate surface area is 129 Å². The lowest BCUT2D eigenvalue weighted by atomic mass is 10.1. The molecule has 5 nitrogen and oxygen atoms in total. The Balaban J connectivity index is 2.52. The molecule has 0 aliphatic rings. The van der Waals surface area contributed by atoms with E-state index >= 15 is 0 Å². The molecule has 0 saturated carbocycles. The number of halogens is 2. The van der Waals surface area contributed by atoms with Gasteiger partial charge in [-0.1, -0.05) is 21.1 Å². The van der Waals surface area contributed by atoms with Gasteiger partial charge in [0, 0.05) is 22.3 Å². The smallest absolute Gasteiger partial charge is 0.175 e. The van der Waals surface area contributed by atoms with Crippen LogP contribution >= 0.6 is 15.9 Å². The van der Waals surface area contributed by atoms with Crippen molar-refractivity contribution in [2.24, 2.45) is 10.9 Å². The van der Waals surface area contributed by atoms with Gasteiger partial charge in [0.25, 0.3) is 0 Å². The van der Waals surface area contributed by atoms with E-state index in [0.29, 0.717) is 32.9 Å². The zero-order chi connectivity index (χ0) is 15.6. The Morgan fingerprint density at radius 3 is 2.67 bits per heavy atom. The maximum Gasteiger partial charge on any atom is 0.175 e.